The first-order chi connectivity index (χ1) is 30.3. The van der Waals surface area contributed by atoms with Crippen LogP contribution in [-0.2, 0) is 5.41 Å². The standard InChI is InChI=1S/C59H38N2/c1-4-19-39(20-5-1)44-27-14-15-31-48(44)54-38-55(61-58(60-54)56-46-29-13-11-22-41(46)37-52-45-28-12-10-21-40(45)35-36-49(52)56)51-33-18-32-50-47-30-16-17-34-53(47)59(57(50)51,42-23-6-2-7-24-42)43-25-8-3-9-26-43/h1-38H. The Morgan fingerprint density at radius 1 is 0.311 bits per heavy atom. The highest BCUT2D eigenvalue weighted by Crippen LogP contribution is 2.58. The van der Waals surface area contributed by atoms with Crippen LogP contribution in [-0.4, -0.2) is 9.97 Å². The minimum atomic E-state index is -0.608. The lowest BCUT2D eigenvalue weighted by Crippen LogP contribution is -2.29. The molecule has 0 N–H and O–H groups in total. The van der Waals surface area contributed by atoms with Crippen molar-refractivity contribution >= 4 is 32.3 Å². The van der Waals surface area contributed by atoms with Crippen LogP contribution in [0.2, 0.25) is 0 Å². The Kier molecular flexibility index (Phi) is 8.11. The Bertz CT molecular complexity index is 3420. The Hall–Kier alpha value is -7.94. The van der Waals surface area contributed by atoms with Gasteiger partial charge < -0.3 is 0 Å². The summed E-state index contributed by atoms with van der Waals surface area (Å²) in [4.78, 5) is 11.4. The largest absolute Gasteiger partial charge is 0.228 e. The van der Waals surface area contributed by atoms with Gasteiger partial charge in [-0.15, -0.1) is 0 Å². The van der Waals surface area contributed by atoms with Crippen molar-refractivity contribution in [2.24, 2.45) is 0 Å². The molecule has 0 aliphatic heterocycles. The molecule has 1 heterocycles. The number of hydrogen-bond donors (Lipinski definition) is 0. The molecule has 1 aromatic heterocycles. The maximum atomic E-state index is 5.76. The molecule has 11 aromatic rings. The van der Waals surface area contributed by atoms with Crippen LogP contribution in [0.25, 0.3) is 88.5 Å². The normalized spacial score (nSPS) is 12.7. The van der Waals surface area contributed by atoms with Crippen molar-refractivity contribution in [1.29, 1.82) is 0 Å². The molecule has 0 unspecified atom stereocenters. The van der Waals surface area contributed by atoms with Gasteiger partial charge in [-0.25, -0.2) is 9.97 Å². The first kappa shape index (κ1) is 35.0. The van der Waals surface area contributed by atoms with Crippen LogP contribution in [0.3, 0.4) is 0 Å². The molecule has 0 amide bonds. The number of benzene rings is 10. The van der Waals surface area contributed by atoms with Gasteiger partial charge in [0.1, 0.15) is 0 Å². The van der Waals surface area contributed by atoms with Gasteiger partial charge in [-0.3, -0.25) is 0 Å². The lowest BCUT2D eigenvalue weighted by atomic mass is 9.66. The van der Waals surface area contributed by atoms with Gasteiger partial charge in [0.2, 0.25) is 0 Å². The zero-order valence-electron chi connectivity index (χ0n) is 33.3. The topological polar surface area (TPSA) is 25.8 Å². The molecule has 1 aliphatic rings. The monoisotopic (exact) mass is 774 g/mol. The first-order valence-corrected chi connectivity index (χ1v) is 21.0. The fraction of sp³-hybridized carbons (Fsp3) is 0.0169. The third-order valence-electron chi connectivity index (χ3n) is 12.8. The molecule has 0 bridgehead atoms. The molecular weight excluding hydrogens is 737 g/mol. The molecule has 0 saturated carbocycles. The van der Waals surface area contributed by atoms with E-state index in [9.17, 15) is 0 Å². The average Bonchev–Trinajstić information content (AvgIpc) is 3.65. The Morgan fingerprint density at radius 3 is 1.59 bits per heavy atom. The fourth-order valence-electron chi connectivity index (χ4n) is 10.2. The van der Waals surface area contributed by atoms with E-state index >= 15 is 0 Å². The second-order valence-electron chi connectivity index (χ2n) is 16.0. The van der Waals surface area contributed by atoms with Crippen molar-refractivity contribution in [2.45, 2.75) is 5.41 Å². The number of rotatable bonds is 6. The molecule has 0 spiro atoms. The molecule has 12 rings (SSSR count). The molecule has 10 aromatic carbocycles. The van der Waals surface area contributed by atoms with Crippen molar-refractivity contribution in [3.8, 4) is 56.2 Å². The highest BCUT2D eigenvalue weighted by atomic mass is 14.9. The summed E-state index contributed by atoms with van der Waals surface area (Å²) in [6, 6.07) is 83.5. The van der Waals surface area contributed by atoms with Crippen molar-refractivity contribution in [1.82, 2.24) is 9.97 Å². The summed E-state index contributed by atoms with van der Waals surface area (Å²) < 4.78 is 0. The Morgan fingerprint density at radius 2 is 0.852 bits per heavy atom. The highest BCUT2D eigenvalue weighted by molar-refractivity contribution is 6.19. The van der Waals surface area contributed by atoms with Crippen molar-refractivity contribution in [3.63, 3.8) is 0 Å². The summed E-state index contributed by atoms with van der Waals surface area (Å²) in [5.74, 6) is 0.700. The highest BCUT2D eigenvalue weighted by Gasteiger charge is 2.47. The van der Waals surface area contributed by atoms with E-state index < -0.39 is 5.41 Å². The van der Waals surface area contributed by atoms with E-state index in [2.05, 4.69) is 231 Å². The van der Waals surface area contributed by atoms with Crippen molar-refractivity contribution in [2.75, 3.05) is 0 Å². The predicted octanol–water partition coefficient (Wildman–Crippen LogP) is 15.0. The molecular formula is C59H38N2. The summed E-state index contributed by atoms with van der Waals surface area (Å²) in [5.41, 5.74) is 14.0. The van der Waals surface area contributed by atoms with E-state index in [1.807, 2.05) is 0 Å². The Balaban J connectivity index is 1.22. The summed E-state index contributed by atoms with van der Waals surface area (Å²) in [6.07, 6.45) is 0. The summed E-state index contributed by atoms with van der Waals surface area (Å²) in [6.45, 7) is 0. The van der Waals surface area contributed by atoms with Gasteiger partial charge in [-0.1, -0.05) is 218 Å². The van der Waals surface area contributed by atoms with Crippen LogP contribution < -0.4 is 0 Å². The molecule has 61 heavy (non-hydrogen) atoms. The molecule has 284 valence electrons. The summed E-state index contributed by atoms with van der Waals surface area (Å²) in [5, 5.41) is 7.02. The van der Waals surface area contributed by atoms with Gasteiger partial charge in [0.15, 0.2) is 5.82 Å². The third-order valence-corrected chi connectivity index (χ3v) is 12.8. The quantitative estimate of drug-likeness (QED) is 0.124. The van der Waals surface area contributed by atoms with E-state index in [-0.39, 0.29) is 0 Å². The Labute approximate surface area is 355 Å². The maximum absolute atomic E-state index is 5.76. The van der Waals surface area contributed by atoms with Gasteiger partial charge in [0.25, 0.3) is 0 Å². The summed E-state index contributed by atoms with van der Waals surface area (Å²) in [7, 11) is 0. The first-order valence-electron chi connectivity index (χ1n) is 21.0. The number of fused-ring (bicyclic) bond motifs is 7. The SMILES string of the molecule is c1ccc(-c2ccccc2-c2cc(-c3cccc4c3C(c3ccccc3)(c3ccccc3)c3ccccc3-4)nc(-c3c4ccccc4cc4c3ccc3ccccc34)n2)cc1. The number of aromatic nitrogens is 2. The minimum absolute atomic E-state index is 0.608. The van der Waals surface area contributed by atoms with Crippen LogP contribution in [0.4, 0.5) is 0 Å². The molecule has 2 nitrogen and oxygen atoms in total. The van der Waals surface area contributed by atoms with Crippen LogP contribution in [0.1, 0.15) is 22.3 Å². The molecule has 0 fully saturated rings. The molecule has 0 radical (unpaired) electrons. The van der Waals surface area contributed by atoms with Crippen LogP contribution in [0, 0.1) is 0 Å². The van der Waals surface area contributed by atoms with Gasteiger partial charge in [-0.2, -0.15) is 0 Å². The lowest BCUT2D eigenvalue weighted by molar-refractivity contribution is 0.770. The minimum Gasteiger partial charge on any atom is -0.228 e. The number of hydrogen-bond acceptors (Lipinski definition) is 2. The van der Waals surface area contributed by atoms with E-state index in [0.717, 1.165) is 55.4 Å². The second kappa shape index (κ2) is 14.1. The molecule has 0 atom stereocenters. The van der Waals surface area contributed by atoms with Gasteiger partial charge >= 0.3 is 0 Å². The third kappa shape index (κ3) is 5.43. The molecule has 2 heteroatoms. The fourth-order valence-corrected chi connectivity index (χ4v) is 10.2. The molecule has 0 saturated heterocycles. The zero-order valence-corrected chi connectivity index (χ0v) is 33.3. The van der Waals surface area contributed by atoms with E-state index in [1.165, 1.54) is 49.5 Å². The second-order valence-corrected chi connectivity index (χ2v) is 16.0. The van der Waals surface area contributed by atoms with Crippen molar-refractivity contribution in [3.05, 3.63) is 253 Å². The van der Waals surface area contributed by atoms with Gasteiger partial charge in [0.05, 0.1) is 16.8 Å². The maximum Gasteiger partial charge on any atom is 0.161 e. The van der Waals surface area contributed by atoms with Crippen molar-refractivity contribution < 1.29 is 0 Å². The number of nitrogens with zero attached hydrogens (tertiary/aromatic N) is 2. The van der Waals surface area contributed by atoms with Crippen LogP contribution in [0.5, 0.6) is 0 Å². The molecule has 1 aliphatic carbocycles. The lowest BCUT2D eigenvalue weighted by Gasteiger charge is -2.35. The summed E-state index contributed by atoms with van der Waals surface area (Å²) >= 11 is 0. The zero-order chi connectivity index (χ0) is 40.3. The van der Waals surface area contributed by atoms with Crippen LogP contribution in [0.15, 0.2) is 231 Å². The van der Waals surface area contributed by atoms with E-state index in [1.54, 1.807) is 0 Å². The van der Waals surface area contributed by atoms with Gasteiger partial charge in [0, 0.05) is 16.7 Å². The van der Waals surface area contributed by atoms with Gasteiger partial charge in [-0.05, 0) is 89.0 Å². The van der Waals surface area contributed by atoms with Crippen LogP contribution >= 0.6 is 0 Å². The average molecular weight is 775 g/mol. The smallest absolute Gasteiger partial charge is 0.161 e. The van der Waals surface area contributed by atoms with E-state index in [4.69, 9.17) is 9.97 Å². The van der Waals surface area contributed by atoms with E-state index in [0.29, 0.717) is 5.82 Å². The predicted molar refractivity (Wildman–Crippen MR) is 254 cm³/mol.